The summed E-state index contributed by atoms with van der Waals surface area (Å²) in [5, 5.41) is 6.77. The van der Waals surface area contributed by atoms with Crippen LogP contribution in [0.2, 0.25) is 0 Å². The van der Waals surface area contributed by atoms with Crippen molar-refractivity contribution in [2.75, 3.05) is 58.9 Å². The van der Waals surface area contributed by atoms with Crippen molar-refractivity contribution >= 4 is 5.96 Å². The molecule has 0 saturated carbocycles. The molecule has 1 fully saturated rings. The van der Waals surface area contributed by atoms with Crippen LogP contribution in [0.4, 0.5) is 0 Å². The molecule has 0 aromatic carbocycles. The largest absolute Gasteiger partial charge is 0.356 e. The second kappa shape index (κ2) is 7.59. The highest BCUT2D eigenvalue weighted by atomic mass is 15.3. The van der Waals surface area contributed by atoms with Crippen molar-refractivity contribution in [3.8, 4) is 0 Å². The van der Waals surface area contributed by atoms with Crippen LogP contribution in [0.25, 0.3) is 0 Å². The lowest BCUT2D eigenvalue weighted by atomic mass is 10.3. The average Bonchev–Trinajstić information content (AvgIpc) is 2.68. The molecule has 5 nitrogen and oxygen atoms in total. The van der Waals surface area contributed by atoms with Gasteiger partial charge in [0.15, 0.2) is 5.96 Å². The zero-order chi connectivity index (χ0) is 12.6. The molecule has 0 aromatic rings. The van der Waals surface area contributed by atoms with Crippen LogP contribution < -0.4 is 10.6 Å². The number of nitrogens with zero attached hydrogens (tertiary/aromatic N) is 3. The van der Waals surface area contributed by atoms with E-state index in [1.54, 1.807) is 0 Å². The Kier molecular flexibility index (Phi) is 5.74. The van der Waals surface area contributed by atoms with E-state index in [2.05, 4.69) is 32.3 Å². The molecule has 0 amide bonds. The van der Waals surface area contributed by atoms with E-state index >= 15 is 0 Å². The Hall–Kier alpha value is -0.810. The van der Waals surface area contributed by atoms with E-state index in [-0.39, 0.29) is 0 Å². The van der Waals surface area contributed by atoms with Crippen molar-refractivity contribution in [1.82, 2.24) is 20.4 Å². The Morgan fingerprint density at radius 3 is 2.72 bits per heavy atom. The number of piperazine rings is 1. The molecule has 2 rings (SSSR count). The second-order valence-corrected chi connectivity index (χ2v) is 5.07. The molecule has 2 aliphatic rings. The number of hydrogen-bond donors (Lipinski definition) is 2. The fourth-order valence-corrected chi connectivity index (χ4v) is 2.47. The van der Waals surface area contributed by atoms with Gasteiger partial charge in [-0.1, -0.05) is 6.92 Å². The molecule has 0 unspecified atom stereocenters. The number of aliphatic imine (C=N–C) groups is 1. The van der Waals surface area contributed by atoms with Crippen LogP contribution in [0.5, 0.6) is 0 Å². The van der Waals surface area contributed by atoms with Gasteiger partial charge in [0.25, 0.3) is 0 Å². The van der Waals surface area contributed by atoms with Gasteiger partial charge in [0.05, 0.1) is 0 Å². The van der Waals surface area contributed by atoms with Crippen molar-refractivity contribution in [3.63, 3.8) is 0 Å². The first-order chi connectivity index (χ1) is 8.88. The fourth-order valence-electron chi connectivity index (χ4n) is 2.47. The van der Waals surface area contributed by atoms with Crippen molar-refractivity contribution in [2.45, 2.75) is 19.8 Å². The van der Waals surface area contributed by atoms with Gasteiger partial charge in [0.1, 0.15) is 0 Å². The average molecular weight is 253 g/mol. The number of guanidine groups is 1. The van der Waals surface area contributed by atoms with Crippen molar-refractivity contribution < 1.29 is 0 Å². The fraction of sp³-hybridized carbons (Fsp3) is 0.923. The highest BCUT2D eigenvalue weighted by Gasteiger charge is 2.14. The SMILES string of the molecule is CCN1CCN(CCNC2=NCCCCN2)CC1. The Balaban J connectivity index is 1.59. The highest BCUT2D eigenvalue weighted by Crippen LogP contribution is 2.00. The van der Waals surface area contributed by atoms with Gasteiger partial charge in [0, 0.05) is 52.4 Å². The molecule has 0 bridgehead atoms. The predicted molar refractivity (Wildman–Crippen MR) is 76.1 cm³/mol. The van der Waals surface area contributed by atoms with Gasteiger partial charge in [-0.15, -0.1) is 0 Å². The van der Waals surface area contributed by atoms with E-state index in [4.69, 9.17) is 0 Å². The Labute approximate surface area is 111 Å². The molecule has 0 radical (unpaired) electrons. The Morgan fingerprint density at radius 2 is 1.94 bits per heavy atom. The van der Waals surface area contributed by atoms with E-state index < -0.39 is 0 Å². The number of rotatable bonds is 4. The lowest BCUT2D eigenvalue weighted by Gasteiger charge is -2.34. The lowest BCUT2D eigenvalue weighted by molar-refractivity contribution is 0.139. The number of hydrogen-bond acceptors (Lipinski definition) is 5. The molecule has 2 heterocycles. The third-order valence-corrected chi connectivity index (χ3v) is 3.78. The molecule has 104 valence electrons. The van der Waals surface area contributed by atoms with Gasteiger partial charge in [-0.05, 0) is 19.4 Å². The second-order valence-electron chi connectivity index (χ2n) is 5.07. The third kappa shape index (κ3) is 4.46. The standard InChI is InChI=1S/C13H27N5/c1-2-17-9-11-18(12-10-17)8-7-16-13-14-5-3-4-6-15-13/h2-12H2,1H3,(H2,14,15,16). The van der Waals surface area contributed by atoms with E-state index in [9.17, 15) is 0 Å². The summed E-state index contributed by atoms with van der Waals surface area (Å²) in [6, 6.07) is 0. The molecule has 1 saturated heterocycles. The summed E-state index contributed by atoms with van der Waals surface area (Å²) in [5.74, 6) is 1.000. The quantitative estimate of drug-likeness (QED) is 0.737. The molecule has 0 atom stereocenters. The molecular weight excluding hydrogens is 226 g/mol. The zero-order valence-electron chi connectivity index (χ0n) is 11.6. The summed E-state index contributed by atoms with van der Waals surface area (Å²) >= 11 is 0. The Morgan fingerprint density at radius 1 is 1.17 bits per heavy atom. The van der Waals surface area contributed by atoms with Gasteiger partial charge >= 0.3 is 0 Å². The van der Waals surface area contributed by atoms with E-state index in [1.807, 2.05) is 0 Å². The summed E-state index contributed by atoms with van der Waals surface area (Å²) in [7, 11) is 0. The summed E-state index contributed by atoms with van der Waals surface area (Å²) < 4.78 is 0. The van der Waals surface area contributed by atoms with E-state index in [1.165, 1.54) is 45.6 Å². The van der Waals surface area contributed by atoms with E-state index in [0.29, 0.717) is 0 Å². The maximum Gasteiger partial charge on any atom is 0.191 e. The monoisotopic (exact) mass is 253 g/mol. The topological polar surface area (TPSA) is 42.9 Å². The van der Waals surface area contributed by atoms with Crippen molar-refractivity contribution in [1.29, 1.82) is 0 Å². The smallest absolute Gasteiger partial charge is 0.191 e. The van der Waals surface area contributed by atoms with Crippen molar-refractivity contribution in [2.24, 2.45) is 4.99 Å². The van der Waals surface area contributed by atoms with Gasteiger partial charge in [-0.2, -0.15) is 0 Å². The van der Waals surface area contributed by atoms with Crippen LogP contribution in [-0.2, 0) is 0 Å². The van der Waals surface area contributed by atoms with Gasteiger partial charge in [-0.25, -0.2) is 0 Å². The first-order valence-electron chi connectivity index (χ1n) is 7.35. The summed E-state index contributed by atoms with van der Waals surface area (Å²) in [5.41, 5.74) is 0. The predicted octanol–water partition coefficient (Wildman–Crippen LogP) is -0.0471. The molecule has 2 N–H and O–H groups in total. The van der Waals surface area contributed by atoms with Crippen LogP contribution in [0.1, 0.15) is 19.8 Å². The van der Waals surface area contributed by atoms with Crippen LogP contribution in [0.3, 0.4) is 0 Å². The van der Waals surface area contributed by atoms with Crippen molar-refractivity contribution in [3.05, 3.63) is 0 Å². The molecule has 2 aliphatic heterocycles. The molecule has 5 heteroatoms. The molecular formula is C13H27N5. The van der Waals surface area contributed by atoms with Crippen LogP contribution in [0, 0.1) is 0 Å². The Bertz CT molecular complexity index is 258. The van der Waals surface area contributed by atoms with Gasteiger partial charge in [0.2, 0.25) is 0 Å². The summed E-state index contributed by atoms with van der Waals surface area (Å²) in [6.07, 6.45) is 2.44. The molecule has 0 spiro atoms. The maximum absolute atomic E-state index is 4.50. The maximum atomic E-state index is 4.50. The third-order valence-electron chi connectivity index (χ3n) is 3.78. The first kappa shape index (κ1) is 13.6. The van der Waals surface area contributed by atoms with Gasteiger partial charge in [-0.3, -0.25) is 9.89 Å². The van der Waals surface area contributed by atoms with Crippen LogP contribution >= 0.6 is 0 Å². The molecule has 0 aliphatic carbocycles. The lowest BCUT2D eigenvalue weighted by Crippen LogP contribution is -2.49. The summed E-state index contributed by atoms with van der Waals surface area (Å²) in [4.78, 5) is 9.55. The minimum absolute atomic E-state index is 0.963. The minimum atomic E-state index is 0.963. The van der Waals surface area contributed by atoms with E-state index in [0.717, 1.165) is 32.1 Å². The van der Waals surface area contributed by atoms with Crippen LogP contribution in [0.15, 0.2) is 4.99 Å². The number of likely N-dealkylation sites (N-methyl/N-ethyl adjacent to an activating group) is 1. The first-order valence-corrected chi connectivity index (χ1v) is 7.35. The minimum Gasteiger partial charge on any atom is -0.356 e. The van der Waals surface area contributed by atoms with Crippen LogP contribution in [-0.4, -0.2) is 74.7 Å². The summed E-state index contributed by atoms with van der Waals surface area (Å²) in [6.45, 7) is 12.4. The molecule has 0 aromatic heterocycles. The molecule has 18 heavy (non-hydrogen) atoms. The normalized spacial score (nSPS) is 23.1. The zero-order valence-corrected chi connectivity index (χ0v) is 11.6. The highest BCUT2D eigenvalue weighted by molar-refractivity contribution is 5.79. The number of nitrogens with one attached hydrogen (secondary N) is 2. The van der Waals surface area contributed by atoms with Gasteiger partial charge < -0.3 is 15.5 Å².